The number of amidine groups is 1. The second-order valence-electron chi connectivity index (χ2n) is 11.0. The van der Waals surface area contributed by atoms with Crippen LogP contribution in [0.5, 0.6) is 0 Å². The van der Waals surface area contributed by atoms with E-state index in [9.17, 15) is 19.5 Å². The summed E-state index contributed by atoms with van der Waals surface area (Å²) in [5, 5.41) is 13.8. The molecule has 0 aliphatic carbocycles. The minimum Gasteiger partial charge on any atom is -0.391 e. The lowest BCUT2D eigenvalue weighted by Gasteiger charge is -2.35. The molecule has 4 unspecified atom stereocenters. The van der Waals surface area contributed by atoms with E-state index < -0.39 is 24.2 Å². The van der Waals surface area contributed by atoms with Crippen LogP contribution in [0.1, 0.15) is 53.5 Å². The molecule has 2 N–H and O–H groups in total. The van der Waals surface area contributed by atoms with E-state index in [0.717, 1.165) is 27.3 Å². The first-order chi connectivity index (χ1) is 19.2. The van der Waals surface area contributed by atoms with Crippen LogP contribution in [0.15, 0.2) is 59.0 Å². The molecule has 0 radical (unpaired) electrons. The molecule has 1 fully saturated rings. The number of hydrogen-bond acceptors (Lipinski definition) is 7. The van der Waals surface area contributed by atoms with Crippen molar-refractivity contribution < 1.29 is 19.5 Å². The number of β-amino-alcohol motifs (C(OH)–C–C–N with tert-alkyl or cyclic N) is 1. The molecule has 3 aliphatic rings. The van der Waals surface area contributed by atoms with Crippen LogP contribution in [-0.4, -0.2) is 68.2 Å². The van der Waals surface area contributed by atoms with Crippen molar-refractivity contribution >= 4 is 34.9 Å². The molecule has 4 heterocycles. The highest BCUT2D eigenvalue weighted by atomic mass is 32.1. The Kier molecular flexibility index (Phi) is 6.75. The van der Waals surface area contributed by atoms with Crippen LogP contribution in [0.2, 0.25) is 0 Å². The number of hydrogen-bond donors (Lipinski definition) is 2. The van der Waals surface area contributed by atoms with Gasteiger partial charge in [-0.15, -0.1) is 11.3 Å². The Bertz CT molecular complexity index is 1510. The van der Waals surface area contributed by atoms with Crippen LogP contribution < -0.4 is 5.32 Å². The summed E-state index contributed by atoms with van der Waals surface area (Å²) in [6, 6.07) is 13.2. The first kappa shape index (κ1) is 26.3. The number of aliphatic hydroxyl groups excluding tert-OH is 1. The quantitative estimate of drug-likeness (QED) is 0.481. The minimum absolute atomic E-state index is 0.115. The summed E-state index contributed by atoms with van der Waals surface area (Å²) in [5.74, 6) is -0.528. The molecule has 40 heavy (non-hydrogen) atoms. The number of aromatic nitrogens is 1. The fourth-order valence-corrected chi connectivity index (χ4v) is 6.81. The second kappa shape index (κ2) is 10.3. The topological polar surface area (TPSA) is 115 Å². The Balaban J connectivity index is 1.21. The van der Waals surface area contributed by atoms with Gasteiger partial charge in [0.25, 0.3) is 11.8 Å². The van der Waals surface area contributed by atoms with Crippen molar-refractivity contribution in [3.05, 3.63) is 76.4 Å². The summed E-state index contributed by atoms with van der Waals surface area (Å²) in [4.78, 5) is 53.2. The molecule has 3 amide bonds. The van der Waals surface area contributed by atoms with Crippen LogP contribution in [0.3, 0.4) is 0 Å². The highest BCUT2D eigenvalue weighted by Crippen LogP contribution is 2.33. The van der Waals surface area contributed by atoms with Crippen molar-refractivity contribution in [3.63, 3.8) is 0 Å². The summed E-state index contributed by atoms with van der Waals surface area (Å²) < 4.78 is 0. The number of aliphatic hydroxyl groups is 1. The summed E-state index contributed by atoms with van der Waals surface area (Å²) >= 11 is 1.57. The summed E-state index contributed by atoms with van der Waals surface area (Å²) in [6.45, 7) is 6.28. The smallest absolute Gasteiger partial charge is 0.274 e. The van der Waals surface area contributed by atoms with Gasteiger partial charge in [-0.25, -0.2) is 4.98 Å². The highest BCUT2D eigenvalue weighted by molar-refractivity contribution is 7.13. The van der Waals surface area contributed by atoms with Gasteiger partial charge in [-0.2, -0.15) is 4.99 Å². The molecule has 10 heteroatoms. The standard InChI is InChI=1S/C30H31N5O4S/c1-16(2)25(35-13-20-6-4-5-7-22(20)29(35)38)30(39)34-14-21(36)12-23(34)27-32-24(28(37)33-27)18-8-10-19(11-9-18)26-17(3)31-15-40-26/h4-11,15-16,21,23-25,36H,12-14H2,1-3H3,(H,32,33,37). The number of nitrogens with one attached hydrogen (secondary N) is 1. The predicted molar refractivity (Wildman–Crippen MR) is 152 cm³/mol. The van der Waals surface area contributed by atoms with Gasteiger partial charge in [0.15, 0.2) is 0 Å². The van der Waals surface area contributed by atoms with E-state index in [4.69, 9.17) is 0 Å². The molecular weight excluding hydrogens is 526 g/mol. The van der Waals surface area contributed by atoms with Crippen LogP contribution in [-0.2, 0) is 16.1 Å². The zero-order valence-electron chi connectivity index (χ0n) is 22.6. The fourth-order valence-electron chi connectivity index (χ4n) is 5.99. The lowest BCUT2D eigenvalue weighted by Crippen LogP contribution is -2.55. The molecule has 3 aliphatic heterocycles. The summed E-state index contributed by atoms with van der Waals surface area (Å²) in [6.07, 6.45) is -0.492. The van der Waals surface area contributed by atoms with Crippen molar-refractivity contribution in [1.82, 2.24) is 20.1 Å². The molecule has 2 aromatic carbocycles. The number of rotatable bonds is 6. The molecule has 0 saturated carbocycles. The van der Waals surface area contributed by atoms with Gasteiger partial charge in [-0.3, -0.25) is 14.4 Å². The van der Waals surface area contributed by atoms with E-state index in [0.29, 0.717) is 17.9 Å². The van der Waals surface area contributed by atoms with E-state index in [1.54, 1.807) is 27.2 Å². The van der Waals surface area contributed by atoms with E-state index >= 15 is 0 Å². The molecule has 6 rings (SSSR count). The largest absolute Gasteiger partial charge is 0.391 e. The van der Waals surface area contributed by atoms with Gasteiger partial charge >= 0.3 is 0 Å². The lowest BCUT2D eigenvalue weighted by atomic mass is 10.00. The minimum atomic E-state index is -0.756. The van der Waals surface area contributed by atoms with E-state index in [1.165, 1.54) is 0 Å². The molecule has 0 spiro atoms. The molecule has 1 aromatic heterocycles. The molecule has 1 saturated heterocycles. The van der Waals surface area contributed by atoms with E-state index in [-0.39, 0.29) is 36.6 Å². The number of aliphatic imine (C=N–C) groups is 1. The Hall–Kier alpha value is -3.89. The Morgan fingerprint density at radius 2 is 1.88 bits per heavy atom. The van der Waals surface area contributed by atoms with Crippen molar-refractivity contribution in [2.24, 2.45) is 10.9 Å². The third kappa shape index (κ3) is 4.50. The van der Waals surface area contributed by atoms with Gasteiger partial charge < -0.3 is 20.2 Å². The monoisotopic (exact) mass is 557 g/mol. The van der Waals surface area contributed by atoms with E-state index in [2.05, 4.69) is 15.3 Å². The average molecular weight is 558 g/mol. The number of fused-ring (bicyclic) bond motifs is 1. The normalized spacial score (nSPS) is 23.0. The van der Waals surface area contributed by atoms with Crippen LogP contribution in [0.4, 0.5) is 0 Å². The number of aryl methyl sites for hydroxylation is 1. The van der Waals surface area contributed by atoms with Gasteiger partial charge in [0.05, 0.1) is 28.2 Å². The molecule has 206 valence electrons. The van der Waals surface area contributed by atoms with E-state index in [1.807, 2.05) is 68.7 Å². The van der Waals surface area contributed by atoms with Crippen LogP contribution >= 0.6 is 11.3 Å². The number of thiazole rings is 1. The zero-order valence-corrected chi connectivity index (χ0v) is 23.4. The van der Waals surface area contributed by atoms with Gasteiger partial charge in [-0.1, -0.05) is 56.3 Å². The number of carbonyl (C=O) groups excluding carboxylic acids is 3. The second-order valence-corrected chi connectivity index (χ2v) is 11.8. The lowest BCUT2D eigenvalue weighted by molar-refractivity contribution is -0.138. The number of likely N-dealkylation sites (tertiary alicyclic amines) is 1. The third-order valence-electron chi connectivity index (χ3n) is 7.97. The van der Waals surface area contributed by atoms with Crippen molar-refractivity contribution in [3.8, 4) is 10.4 Å². The molecule has 3 aromatic rings. The van der Waals surface area contributed by atoms with Crippen molar-refractivity contribution in [1.29, 1.82) is 0 Å². The predicted octanol–water partition coefficient (Wildman–Crippen LogP) is 3.33. The number of amides is 3. The molecule has 9 nitrogen and oxygen atoms in total. The van der Waals surface area contributed by atoms with Gasteiger partial charge in [-0.05, 0) is 35.6 Å². The highest BCUT2D eigenvalue weighted by Gasteiger charge is 2.46. The third-order valence-corrected chi connectivity index (χ3v) is 8.95. The Morgan fingerprint density at radius 3 is 2.55 bits per heavy atom. The summed E-state index contributed by atoms with van der Waals surface area (Å²) in [7, 11) is 0. The number of benzene rings is 2. The number of nitrogens with zero attached hydrogens (tertiary/aromatic N) is 4. The Morgan fingerprint density at radius 1 is 1.12 bits per heavy atom. The van der Waals surface area contributed by atoms with Crippen molar-refractivity contribution in [2.45, 2.75) is 58.0 Å². The Labute approximate surface area is 236 Å². The maximum Gasteiger partial charge on any atom is 0.274 e. The van der Waals surface area contributed by atoms with Gasteiger partial charge in [0.2, 0.25) is 5.91 Å². The molecule has 4 atom stereocenters. The zero-order chi connectivity index (χ0) is 28.1. The molecule has 0 bridgehead atoms. The van der Waals surface area contributed by atoms with Crippen LogP contribution in [0.25, 0.3) is 10.4 Å². The molecular formula is C30H31N5O4S. The van der Waals surface area contributed by atoms with Crippen LogP contribution in [0, 0.1) is 12.8 Å². The maximum absolute atomic E-state index is 14.0. The average Bonchev–Trinajstić information content (AvgIpc) is 3.71. The first-order valence-corrected chi connectivity index (χ1v) is 14.4. The van der Waals surface area contributed by atoms with Gasteiger partial charge in [0, 0.05) is 25.1 Å². The van der Waals surface area contributed by atoms with Crippen molar-refractivity contribution in [2.75, 3.05) is 6.54 Å². The fraction of sp³-hybridized carbons (Fsp3) is 0.367. The maximum atomic E-state index is 14.0. The summed E-state index contributed by atoms with van der Waals surface area (Å²) in [5.41, 5.74) is 6.09. The van der Waals surface area contributed by atoms with Gasteiger partial charge in [0.1, 0.15) is 17.9 Å². The number of carbonyl (C=O) groups is 3. The first-order valence-electron chi connectivity index (χ1n) is 13.5. The SMILES string of the molecule is Cc1ncsc1-c1ccc(C2NC(C3CC(O)CN3C(=O)C(C(C)C)N3Cc4ccccc4C3=O)=NC2=O)cc1.